The van der Waals surface area contributed by atoms with E-state index in [1.165, 1.54) is 63.4 Å². The maximum Gasteiger partial charge on any atom is 0.0594 e. The molecule has 0 amide bonds. The summed E-state index contributed by atoms with van der Waals surface area (Å²) < 4.78 is 0. The molecule has 2 saturated carbocycles. The van der Waals surface area contributed by atoms with Crippen LogP contribution >= 0.6 is 0 Å². The number of hydrogen-bond donors (Lipinski definition) is 1. The van der Waals surface area contributed by atoms with Gasteiger partial charge in [-0.2, -0.15) is 0 Å². The van der Waals surface area contributed by atoms with Crippen molar-refractivity contribution in [2.75, 3.05) is 0 Å². The van der Waals surface area contributed by atoms with Gasteiger partial charge in [0.15, 0.2) is 0 Å². The molecule has 0 aliphatic heterocycles. The van der Waals surface area contributed by atoms with Crippen LogP contribution < -0.4 is 0 Å². The molecule has 0 unspecified atom stereocenters. The summed E-state index contributed by atoms with van der Waals surface area (Å²) in [7, 11) is 0. The van der Waals surface area contributed by atoms with Crippen LogP contribution in [0.3, 0.4) is 0 Å². The second-order valence-corrected chi connectivity index (χ2v) is 14.0. The highest BCUT2D eigenvalue weighted by molar-refractivity contribution is 5.38. The largest absolute Gasteiger partial charge is 0.393 e. The molecule has 4 aliphatic carbocycles. The number of rotatable bonds is 4. The van der Waals surface area contributed by atoms with E-state index >= 15 is 0 Å². The fourth-order valence-corrected chi connectivity index (χ4v) is 9.52. The van der Waals surface area contributed by atoms with Gasteiger partial charge in [0.25, 0.3) is 0 Å². The highest BCUT2D eigenvalue weighted by Gasteiger charge is 2.63. The standard InChI is InChI=1S/C31H52O/c1-20(2)21(3)10-11-22(4)23-14-18-31(9)25-12-13-26-28(5,6)27(32)16-17-29(26,7)24(25)15-19-30(23,31)8/h22-23,26-27,32H,10-19H2,1-9H3/t22-,23-,26+,27+,29-,30-,31+/m1/s1. The fourth-order valence-electron chi connectivity index (χ4n) is 9.52. The van der Waals surface area contributed by atoms with Crippen LogP contribution in [-0.4, -0.2) is 11.2 Å². The van der Waals surface area contributed by atoms with Crippen LogP contribution in [0, 0.1) is 39.4 Å². The average Bonchev–Trinajstić information content (AvgIpc) is 3.00. The Bertz CT molecular complexity index is 810. The molecular weight excluding hydrogens is 388 g/mol. The van der Waals surface area contributed by atoms with E-state index in [1.54, 1.807) is 5.57 Å². The Morgan fingerprint density at radius 2 is 1.59 bits per heavy atom. The summed E-state index contributed by atoms with van der Waals surface area (Å²) in [5.41, 5.74) is 8.04. The first kappa shape index (κ1) is 24.6. The van der Waals surface area contributed by atoms with Crippen molar-refractivity contribution in [3.8, 4) is 0 Å². The number of fused-ring (bicyclic) bond motifs is 4. The molecular formula is C31H52O. The van der Waals surface area contributed by atoms with E-state index in [1.807, 2.05) is 11.1 Å². The Balaban J connectivity index is 1.64. The van der Waals surface area contributed by atoms with E-state index in [-0.39, 0.29) is 11.5 Å². The fraction of sp³-hybridized carbons (Fsp3) is 0.871. The zero-order chi connectivity index (χ0) is 23.7. The number of aliphatic hydroxyl groups is 1. The lowest BCUT2D eigenvalue weighted by Crippen LogP contribution is -2.55. The van der Waals surface area contributed by atoms with Gasteiger partial charge in [0.05, 0.1) is 6.10 Å². The van der Waals surface area contributed by atoms with Crippen LogP contribution in [0.4, 0.5) is 0 Å². The predicted molar refractivity (Wildman–Crippen MR) is 137 cm³/mol. The second-order valence-electron chi connectivity index (χ2n) is 14.0. The van der Waals surface area contributed by atoms with Crippen LogP contribution in [0.2, 0.25) is 0 Å². The molecule has 32 heavy (non-hydrogen) atoms. The van der Waals surface area contributed by atoms with Crippen molar-refractivity contribution in [3.63, 3.8) is 0 Å². The first-order chi connectivity index (χ1) is 14.8. The van der Waals surface area contributed by atoms with Gasteiger partial charge in [0.1, 0.15) is 0 Å². The predicted octanol–water partition coefficient (Wildman–Crippen LogP) is 8.87. The number of allylic oxidation sites excluding steroid dienone is 4. The molecule has 0 heterocycles. The molecule has 182 valence electrons. The Morgan fingerprint density at radius 3 is 2.25 bits per heavy atom. The van der Waals surface area contributed by atoms with E-state index < -0.39 is 0 Å². The molecule has 0 saturated heterocycles. The molecule has 0 bridgehead atoms. The van der Waals surface area contributed by atoms with Gasteiger partial charge in [0.2, 0.25) is 0 Å². The van der Waals surface area contributed by atoms with Crippen molar-refractivity contribution in [1.82, 2.24) is 0 Å². The second kappa shape index (κ2) is 8.00. The summed E-state index contributed by atoms with van der Waals surface area (Å²) in [6.45, 7) is 22.1. The molecule has 7 atom stereocenters. The van der Waals surface area contributed by atoms with E-state index in [9.17, 15) is 5.11 Å². The van der Waals surface area contributed by atoms with E-state index in [0.29, 0.717) is 22.2 Å². The minimum Gasteiger partial charge on any atom is -0.393 e. The Morgan fingerprint density at radius 1 is 0.906 bits per heavy atom. The van der Waals surface area contributed by atoms with Crippen molar-refractivity contribution in [1.29, 1.82) is 0 Å². The van der Waals surface area contributed by atoms with Crippen molar-refractivity contribution >= 4 is 0 Å². The summed E-state index contributed by atoms with van der Waals surface area (Å²) in [5, 5.41) is 10.8. The highest BCUT2D eigenvalue weighted by atomic mass is 16.3. The molecule has 1 nitrogen and oxygen atoms in total. The first-order valence-electron chi connectivity index (χ1n) is 13.8. The third-order valence-electron chi connectivity index (χ3n) is 12.3. The highest BCUT2D eigenvalue weighted by Crippen LogP contribution is 2.72. The summed E-state index contributed by atoms with van der Waals surface area (Å²) in [6, 6.07) is 0. The number of hydrogen-bond acceptors (Lipinski definition) is 1. The third-order valence-corrected chi connectivity index (χ3v) is 12.3. The minimum absolute atomic E-state index is 0.0443. The Hall–Kier alpha value is -0.560. The number of aliphatic hydroxyl groups excluding tert-OH is 1. The lowest BCUT2D eigenvalue weighted by molar-refractivity contribution is -0.0962. The van der Waals surface area contributed by atoms with E-state index in [2.05, 4.69) is 62.3 Å². The van der Waals surface area contributed by atoms with Gasteiger partial charge in [-0.3, -0.25) is 0 Å². The van der Waals surface area contributed by atoms with Crippen LogP contribution in [0.5, 0.6) is 0 Å². The van der Waals surface area contributed by atoms with Gasteiger partial charge in [0, 0.05) is 0 Å². The molecule has 0 aromatic rings. The molecule has 0 spiro atoms. The molecule has 1 N–H and O–H groups in total. The van der Waals surface area contributed by atoms with Crippen LogP contribution in [-0.2, 0) is 0 Å². The smallest absolute Gasteiger partial charge is 0.0594 e. The SMILES string of the molecule is CC(C)=C(C)CC[C@@H](C)[C@H]1CC[C@@]2(C)C3=C(CC[C@]12C)[C@@]1(C)CC[C@H](O)C(C)(C)[C@@H]1CC3. The average molecular weight is 441 g/mol. The molecule has 1 heteroatoms. The Kier molecular flexibility index (Phi) is 6.14. The van der Waals surface area contributed by atoms with Gasteiger partial charge in [-0.1, -0.05) is 63.8 Å². The summed E-state index contributed by atoms with van der Waals surface area (Å²) in [6.07, 6.45) is 12.7. The molecule has 0 aromatic carbocycles. The molecule has 4 rings (SSSR count). The molecule has 0 radical (unpaired) electrons. The lowest BCUT2D eigenvalue weighted by Gasteiger charge is -2.62. The molecule has 4 aliphatic rings. The Labute approximate surface area is 199 Å². The molecule has 2 fully saturated rings. The van der Waals surface area contributed by atoms with Crippen molar-refractivity contribution in [2.24, 2.45) is 39.4 Å². The van der Waals surface area contributed by atoms with Crippen LogP contribution in [0.15, 0.2) is 22.3 Å². The van der Waals surface area contributed by atoms with Gasteiger partial charge in [-0.05, 0) is 124 Å². The maximum absolute atomic E-state index is 10.8. The quantitative estimate of drug-likeness (QED) is 0.433. The summed E-state index contributed by atoms with van der Waals surface area (Å²) >= 11 is 0. The lowest BCUT2D eigenvalue weighted by atomic mass is 9.43. The van der Waals surface area contributed by atoms with Crippen LogP contribution in [0.1, 0.15) is 127 Å². The zero-order valence-corrected chi connectivity index (χ0v) is 22.8. The van der Waals surface area contributed by atoms with Crippen molar-refractivity contribution in [3.05, 3.63) is 22.3 Å². The van der Waals surface area contributed by atoms with Gasteiger partial charge in [-0.15, -0.1) is 0 Å². The maximum atomic E-state index is 10.8. The summed E-state index contributed by atoms with van der Waals surface area (Å²) in [5.74, 6) is 2.31. The summed E-state index contributed by atoms with van der Waals surface area (Å²) in [4.78, 5) is 0. The van der Waals surface area contributed by atoms with Crippen molar-refractivity contribution in [2.45, 2.75) is 133 Å². The zero-order valence-electron chi connectivity index (χ0n) is 22.8. The normalized spacial score (nSPS) is 43.9. The first-order valence-corrected chi connectivity index (χ1v) is 13.8. The van der Waals surface area contributed by atoms with Crippen molar-refractivity contribution < 1.29 is 5.11 Å². The van der Waals surface area contributed by atoms with Crippen LogP contribution in [0.25, 0.3) is 0 Å². The minimum atomic E-state index is -0.131. The molecule has 0 aromatic heterocycles. The van der Waals surface area contributed by atoms with E-state index in [4.69, 9.17) is 0 Å². The topological polar surface area (TPSA) is 20.2 Å². The van der Waals surface area contributed by atoms with Gasteiger partial charge < -0.3 is 5.11 Å². The van der Waals surface area contributed by atoms with E-state index in [0.717, 1.165) is 18.3 Å². The monoisotopic (exact) mass is 440 g/mol. The van der Waals surface area contributed by atoms with Gasteiger partial charge in [-0.25, -0.2) is 0 Å². The van der Waals surface area contributed by atoms with Gasteiger partial charge >= 0.3 is 0 Å². The third kappa shape index (κ3) is 3.34.